The van der Waals surface area contributed by atoms with Crippen molar-refractivity contribution in [2.75, 3.05) is 14.1 Å². The lowest BCUT2D eigenvalue weighted by Crippen LogP contribution is -2.31. The molecule has 98 heavy (non-hydrogen) atoms. The van der Waals surface area contributed by atoms with Crippen LogP contribution < -0.4 is 8.97 Å². The summed E-state index contributed by atoms with van der Waals surface area (Å²) in [7, 11) is 4.72. The molecular formula is C91H61N5S2+2. The summed E-state index contributed by atoms with van der Waals surface area (Å²) < 4.78 is 6.53. The lowest BCUT2D eigenvalue weighted by atomic mass is 9.93. The molecule has 0 N–H and O–H groups in total. The van der Waals surface area contributed by atoms with Gasteiger partial charge in [-0.2, -0.15) is 0 Å². The molecule has 5 heterocycles. The van der Waals surface area contributed by atoms with Crippen molar-refractivity contribution in [2.24, 2.45) is 0 Å². The van der Waals surface area contributed by atoms with E-state index in [9.17, 15) is 0 Å². The Morgan fingerprint density at radius 2 is 0.673 bits per heavy atom. The molecule has 0 bridgehead atoms. The van der Waals surface area contributed by atoms with Gasteiger partial charge < -0.3 is 0 Å². The molecule has 2 aliphatic heterocycles. The molecule has 0 saturated carbocycles. The van der Waals surface area contributed by atoms with Gasteiger partial charge >= 0.3 is 0 Å². The number of hydrogen-bond acceptors (Lipinski definition) is 5. The first-order valence-corrected chi connectivity index (χ1v) is 35.0. The van der Waals surface area contributed by atoms with Gasteiger partial charge in [-0.15, -0.1) is 22.7 Å². The number of para-hydroxylation sites is 1. The van der Waals surface area contributed by atoms with E-state index in [1.165, 1.54) is 152 Å². The number of benzene rings is 15. The van der Waals surface area contributed by atoms with Crippen molar-refractivity contribution >= 4 is 119 Å². The van der Waals surface area contributed by atoms with Gasteiger partial charge in [-0.05, 0) is 128 Å². The van der Waals surface area contributed by atoms with E-state index in [1.54, 1.807) is 0 Å². The largest absolute Gasteiger partial charge is 0.228 e. The highest BCUT2D eigenvalue weighted by atomic mass is 32.1. The third kappa shape index (κ3) is 9.23. The summed E-state index contributed by atoms with van der Waals surface area (Å²) in [5.41, 5.74) is 23.2. The normalized spacial score (nSPS) is 15.1. The van der Waals surface area contributed by atoms with Crippen LogP contribution in [0.15, 0.2) is 334 Å². The first-order chi connectivity index (χ1) is 48.3. The molecule has 2 unspecified atom stereocenters. The Balaban J connectivity index is 0.000000137. The summed E-state index contributed by atoms with van der Waals surface area (Å²) >= 11 is 3.80. The highest BCUT2D eigenvalue weighted by Crippen LogP contribution is 2.64. The topological polar surface area (TPSA) is 38.7 Å². The van der Waals surface area contributed by atoms with Crippen LogP contribution in [0.4, 0.5) is 34.1 Å². The number of aromatic nitrogens is 3. The van der Waals surface area contributed by atoms with Crippen LogP contribution in [0.5, 0.6) is 0 Å². The lowest BCUT2D eigenvalue weighted by molar-refractivity contribution is 0.644. The van der Waals surface area contributed by atoms with Gasteiger partial charge in [0.15, 0.2) is 40.2 Å². The fourth-order valence-corrected chi connectivity index (χ4v) is 18.0. The predicted molar refractivity (Wildman–Crippen MR) is 418 cm³/mol. The van der Waals surface area contributed by atoms with Crippen molar-refractivity contribution in [3.63, 3.8) is 0 Å². The molecule has 0 fully saturated rings. The second-order valence-electron chi connectivity index (χ2n) is 25.9. The molecule has 0 radical (unpaired) electrons. The van der Waals surface area contributed by atoms with Gasteiger partial charge in [-0.25, -0.2) is 23.9 Å². The van der Waals surface area contributed by atoms with Crippen molar-refractivity contribution in [3.05, 3.63) is 334 Å². The van der Waals surface area contributed by atoms with Gasteiger partial charge in [-0.1, -0.05) is 218 Å². The van der Waals surface area contributed by atoms with Crippen molar-refractivity contribution in [3.8, 4) is 89.8 Å². The van der Waals surface area contributed by atoms with Crippen LogP contribution in [0.2, 0.25) is 0 Å². The van der Waals surface area contributed by atoms with E-state index in [1.807, 2.05) is 83.3 Å². The summed E-state index contributed by atoms with van der Waals surface area (Å²) in [4.78, 5) is 14.9. The number of rotatable bonds is 8. The first kappa shape index (κ1) is 57.6. The molecule has 15 aromatic carbocycles. The highest BCUT2D eigenvalue weighted by molar-refractivity contribution is 7.27. The minimum absolute atomic E-state index is 0.571. The van der Waals surface area contributed by atoms with Crippen LogP contribution in [0.3, 0.4) is 0 Å². The number of quaternary nitrogens is 2. The third-order valence-electron chi connectivity index (χ3n) is 20.4. The van der Waals surface area contributed by atoms with Crippen LogP contribution in [-0.4, -0.2) is 29.0 Å². The summed E-state index contributed by atoms with van der Waals surface area (Å²) in [6.07, 6.45) is 0. The van der Waals surface area contributed by atoms with Crippen LogP contribution in [0, 0.1) is 0 Å². The number of nitrogens with zero attached hydrogens (tertiary/aromatic N) is 5. The van der Waals surface area contributed by atoms with Gasteiger partial charge in [-0.3, -0.25) is 0 Å². The minimum Gasteiger partial charge on any atom is -0.228 e. The van der Waals surface area contributed by atoms with Gasteiger partial charge in [0.1, 0.15) is 11.4 Å². The third-order valence-corrected chi connectivity index (χ3v) is 22.7. The molecule has 2 atom stereocenters. The number of fused-ring (bicyclic) bond motifs is 17. The molecule has 20 rings (SSSR count). The monoisotopic (exact) mass is 1290 g/mol. The van der Waals surface area contributed by atoms with E-state index >= 15 is 0 Å². The molecule has 0 amide bonds. The average Bonchev–Trinajstić information content (AvgIpc) is 1.52. The van der Waals surface area contributed by atoms with Crippen LogP contribution in [0.25, 0.3) is 152 Å². The van der Waals surface area contributed by atoms with E-state index in [4.69, 9.17) is 15.0 Å². The Bertz CT molecular complexity index is 6070. The summed E-state index contributed by atoms with van der Waals surface area (Å²) in [6.45, 7) is 0. The molecule has 7 heteroatoms. The van der Waals surface area contributed by atoms with E-state index in [0.717, 1.165) is 16.7 Å². The van der Waals surface area contributed by atoms with Gasteiger partial charge in [0.25, 0.3) is 0 Å². The Hall–Kier alpha value is -11.8. The molecular weight excluding hydrogens is 1230 g/mol. The van der Waals surface area contributed by atoms with E-state index in [2.05, 4.69) is 287 Å². The minimum atomic E-state index is 0.571. The van der Waals surface area contributed by atoms with Crippen molar-refractivity contribution in [1.82, 2.24) is 23.9 Å². The van der Waals surface area contributed by atoms with E-state index < -0.39 is 0 Å². The van der Waals surface area contributed by atoms with Gasteiger partial charge in [0.2, 0.25) is 0 Å². The lowest BCUT2D eigenvalue weighted by Gasteiger charge is -2.30. The van der Waals surface area contributed by atoms with Crippen molar-refractivity contribution in [1.29, 1.82) is 0 Å². The van der Waals surface area contributed by atoms with Crippen LogP contribution >= 0.6 is 22.7 Å². The summed E-state index contributed by atoms with van der Waals surface area (Å²) in [5.74, 6) is 1.98. The van der Waals surface area contributed by atoms with E-state index in [-0.39, 0.29) is 0 Å². The average molecular weight is 1290 g/mol. The Labute approximate surface area is 576 Å². The Morgan fingerprint density at radius 1 is 0.255 bits per heavy atom. The Kier molecular flexibility index (Phi) is 13.5. The van der Waals surface area contributed by atoms with Gasteiger partial charge in [0, 0.05) is 94.8 Å². The molecule has 2 aliphatic rings. The molecule has 460 valence electrons. The Morgan fingerprint density at radius 3 is 1.27 bits per heavy atom. The summed E-state index contributed by atoms with van der Waals surface area (Å²) in [5, 5.41) is 10.5. The molecule has 18 aromatic rings. The molecule has 0 saturated heterocycles. The van der Waals surface area contributed by atoms with Gasteiger partial charge in [0.05, 0.1) is 41.0 Å². The molecule has 0 spiro atoms. The maximum absolute atomic E-state index is 4.99. The molecule has 3 aromatic heterocycles. The fourth-order valence-electron chi connectivity index (χ4n) is 15.6. The second kappa shape index (κ2) is 23.0. The van der Waals surface area contributed by atoms with Crippen LogP contribution in [-0.2, 0) is 0 Å². The van der Waals surface area contributed by atoms with E-state index in [0.29, 0.717) is 26.4 Å². The fraction of sp³-hybridized carbons (Fsp3) is 0.0220. The maximum atomic E-state index is 4.99. The van der Waals surface area contributed by atoms with Crippen molar-refractivity contribution in [2.45, 2.75) is 0 Å². The smallest absolute Gasteiger partial charge is 0.169 e. The number of hydrogen-bond donors (Lipinski definition) is 0. The zero-order chi connectivity index (χ0) is 65.1. The zero-order valence-electron chi connectivity index (χ0n) is 53.8. The zero-order valence-corrected chi connectivity index (χ0v) is 55.4. The standard InChI is InChI=1S/C47H32NS.C44H29N4S/c1-48(39-22-20-33(21-23-39)38-25-36(31-12-4-2-5-13-31)24-37(26-38)32-14-6-3-7-15-32)44-28-35-17-9-8-16-34(35)27-41(44)42-30-47-43(29-45(42)48)40-18-10-11-19-46(40)49-47;1-48(31-26-24-30(25-27-31)44-46-42(28-14-4-2-5-15-28)45-43(47-44)29-16-6-3-7-17-29)36-22-12-10-20-34(36)38-32-18-8-9-19-33(32)39-35-21-11-13-23-37(35)49-41(39)40(38)48/h2-30H,1H3;2-27H,1H3/q2*+1. The van der Waals surface area contributed by atoms with Crippen molar-refractivity contribution < 1.29 is 0 Å². The number of thiophene rings is 2. The molecule has 5 nitrogen and oxygen atoms in total. The summed E-state index contributed by atoms with van der Waals surface area (Å²) in [6, 6.07) is 121. The predicted octanol–water partition coefficient (Wildman–Crippen LogP) is 25.8. The first-order valence-electron chi connectivity index (χ1n) is 33.4. The second-order valence-corrected chi connectivity index (χ2v) is 28.1. The SMILES string of the molecule is C[N+]1(c2ccc(-c3cc(-c4ccccc4)cc(-c4ccccc4)c3)cc2)c2cc3ccccc3cc2-c2cc3sc4ccccc4c3cc21.C[N+]1(c2ccc(-c3nc(-c4ccccc4)nc(-c4ccccc4)n3)cc2)c2ccccc2-c2c1c1sc3ccccc3c1c1ccccc21. The molecule has 0 aliphatic carbocycles. The highest BCUT2D eigenvalue weighted by Gasteiger charge is 2.47. The quantitative estimate of drug-likeness (QED) is 0.142. The maximum Gasteiger partial charge on any atom is 0.169 e. The van der Waals surface area contributed by atoms with Crippen LogP contribution in [0.1, 0.15) is 0 Å².